The van der Waals surface area contributed by atoms with Gasteiger partial charge < -0.3 is 14.8 Å². The number of fused-ring (bicyclic) bond motifs is 3. The van der Waals surface area contributed by atoms with Crippen LogP contribution >= 0.6 is 0 Å². The lowest BCUT2D eigenvalue weighted by molar-refractivity contribution is -0.154. The molecule has 174 valence electrons. The van der Waals surface area contributed by atoms with E-state index in [9.17, 15) is 13.8 Å². The number of hydrogen-bond acceptors (Lipinski definition) is 7. The van der Waals surface area contributed by atoms with Gasteiger partial charge in [-0.2, -0.15) is 4.21 Å². The number of methoxy groups -OCH3 is 1. The van der Waals surface area contributed by atoms with E-state index in [1.807, 2.05) is 6.08 Å². The van der Waals surface area contributed by atoms with Crippen LogP contribution in [-0.4, -0.2) is 48.7 Å². The SMILES string of the molecule is C=C1CC[C@H]2[C@@](C)(CCC3OS(=O)OC[C@]32C)[C@@H]1C/C=C1/C(=O)OC[C@H]1NC(=O)OC.[HH]. The Bertz CT molecular complexity index is 848. The highest BCUT2D eigenvalue weighted by Crippen LogP contribution is 2.63. The third-order valence-electron chi connectivity index (χ3n) is 8.02. The summed E-state index contributed by atoms with van der Waals surface area (Å²) in [6, 6.07) is -0.510. The molecule has 0 aromatic heterocycles. The molecule has 0 spiro atoms. The minimum absolute atomic E-state index is 0. The van der Waals surface area contributed by atoms with Gasteiger partial charge in [0.25, 0.3) is 0 Å². The van der Waals surface area contributed by atoms with Crippen LogP contribution in [0.4, 0.5) is 4.79 Å². The Morgan fingerprint density at radius 1 is 1.39 bits per heavy atom. The predicted octanol–water partition coefficient (Wildman–Crippen LogP) is 3.21. The summed E-state index contributed by atoms with van der Waals surface area (Å²) in [6.45, 7) is 9.38. The normalized spacial score (nSPS) is 43.7. The largest absolute Gasteiger partial charge is 0.460 e. The molecule has 4 fully saturated rings. The molecule has 0 aromatic rings. The van der Waals surface area contributed by atoms with Crippen molar-refractivity contribution in [1.82, 2.24) is 5.32 Å². The zero-order valence-electron chi connectivity index (χ0n) is 18.3. The molecule has 4 aliphatic rings. The maximum Gasteiger partial charge on any atom is 0.407 e. The first-order valence-corrected chi connectivity index (χ1v) is 11.8. The van der Waals surface area contributed by atoms with Crippen LogP contribution in [0.15, 0.2) is 23.8 Å². The summed E-state index contributed by atoms with van der Waals surface area (Å²) in [5.74, 6) is 0.0948. The topological polar surface area (TPSA) is 100 Å². The molecule has 0 radical (unpaired) electrons. The smallest absolute Gasteiger partial charge is 0.407 e. The van der Waals surface area contributed by atoms with Crippen molar-refractivity contribution in [1.29, 1.82) is 0 Å². The van der Waals surface area contributed by atoms with Gasteiger partial charge in [0.1, 0.15) is 6.61 Å². The first-order valence-electron chi connectivity index (χ1n) is 10.8. The van der Waals surface area contributed by atoms with Crippen LogP contribution in [0, 0.1) is 22.7 Å². The van der Waals surface area contributed by atoms with Crippen LogP contribution in [0.1, 0.15) is 47.4 Å². The summed E-state index contributed by atoms with van der Waals surface area (Å²) >= 11 is -1.67. The Morgan fingerprint density at radius 2 is 2.16 bits per heavy atom. The van der Waals surface area contributed by atoms with Crippen molar-refractivity contribution in [2.45, 2.75) is 58.1 Å². The van der Waals surface area contributed by atoms with Crippen molar-refractivity contribution < 1.29 is 33.1 Å². The molecule has 0 aromatic carbocycles. The number of cyclic esters (lactones) is 1. The van der Waals surface area contributed by atoms with Gasteiger partial charge in [-0.1, -0.05) is 32.1 Å². The molecule has 4 rings (SSSR count). The molecule has 2 aliphatic heterocycles. The third kappa shape index (κ3) is 3.85. The lowest BCUT2D eigenvalue weighted by Crippen LogP contribution is -2.60. The summed E-state index contributed by atoms with van der Waals surface area (Å²) in [6.07, 6.45) is 5.50. The van der Waals surface area contributed by atoms with Crippen LogP contribution < -0.4 is 5.32 Å². The summed E-state index contributed by atoms with van der Waals surface area (Å²) in [7, 11) is 1.29. The number of alkyl carbamates (subject to hydrolysis) is 1. The van der Waals surface area contributed by atoms with Crippen molar-refractivity contribution in [3.63, 3.8) is 0 Å². The number of ether oxygens (including phenoxy) is 2. The minimum atomic E-state index is -1.67. The molecule has 7 atom stereocenters. The first kappa shape index (κ1) is 22.5. The van der Waals surface area contributed by atoms with E-state index in [0.717, 1.165) is 25.7 Å². The molecule has 2 saturated carbocycles. The van der Waals surface area contributed by atoms with Crippen LogP contribution in [0.25, 0.3) is 0 Å². The van der Waals surface area contributed by atoms with Gasteiger partial charge in [-0.3, -0.25) is 8.37 Å². The Balaban J connectivity index is 0.00000289. The molecule has 2 unspecified atom stereocenters. The molecular formula is C22H33NO7S. The summed E-state index contributed by atoms with van der Waals surface area (Å²) in [5, 5.41) is 2.66. The van der Waals surface area contributed by atoms with Gasteiger partial charge in [0.05, 0.1) is 31.4 Å². The number of hydrogen-bond donors (Lipinski definition) is 1. The van der Waals surface area contributed by atoms with Crippen molar-refractivity contribution in [3.05, 3.63) is 23.8 Å². The van der Waals surface area contributed by atoms with Gasteiger partial charge in [-0.25, -0.2) is 9.59 Å². The van der Waals surface area contributed by atoms with Crippen molar-refractivity contribution in [2.24, 2.45) is 22.7 Å². The second-order valence-corrected chi connectivity index (χ2v) is 10.4. The summed E-state index contributed by atoms with van der Waals surface area (Å²) in [5.41, 5.74) is 1.39. The standard InChI is InChI=1S/C22H31NO7S.H2/c1-13-5-8-17-21(2,10-9-18-22(17,3)12-29-31(26)30-18)15(13)7-6-14-16(11-28-19(14)24)23-20(25)27-4;/h6,15-18H,1,5,7-12H2,2-4H3,(H,23,25);1H/b14-6+;/t15-,16-,17+,18?,21+,22+,31?;/m1./s1. The Labute approximate surface area is 187 Å². The highest BCUT2D eigenvalue weighted by molar-refractivity contribution is 7.75. The first-order chi connectivity index (χ1) is 14.7. The van der Waals surface area contributed by atoms with E-state index in [1.54, 1.807) is 0 Å². The van der Waals surface area contributed by atoms with Crippen molar-refractivity contribution in [2.75, 3.05) is 20.3 Å². The average molecular weight is 456 g/mol. The fourth-order valence-corrected chi connectivity index (χ4v) is 7.23. The third-order valence-corrected chi connectivity index (χ3v) is 8.72. The molecule has 2 heterocycles. The van der Waals surface area contributed by atoms with Gasteiger partial charge in [0, 0.05) is 6.84 Å². The fraction of sp³-hybridized carbons (Fsp3) is 0.727. The zero-order chi connectivity index (χ0) is 22.4. The molecule has 2 aliphatic carbocycles. The van der Waals surface area contributed by atoms with Gasteiger partial charge in [-0.05, 0) is 49.4 Å². The maximum atomic E-state index is 12.3. The molecule has 2 saturated heterocycles. The van der Waals surface area contributed by atoms with E-state index in [4.69, 9.17) is 13.1 Å². The zero-order valence-corrected chi connectivity index (χ0v) is 19.1. The molecule has 31 heavy (non-hydrogen) atoms. The molecule has 1 amide bonds. The Morgan fingerprint density at radius 3 is 2.90 bits per heavy atom. The number of nitrogens with one attached hydrogen (secondary N) is 1. The Hall–Kier alpha value is -1.71. The second-order valence-electron chi connectivity index (χ2n) is 9.59. The van der Waals surface area contributed by atoms with E-state index in [1.165, 1.54) is 12.7 Å². The number of carbonyl (C=O) groups excluding carboxylic acids is 2. The van der Waals surface area contributed by atoms with Crippen LogP contribution in [-0.2, 0) is 34.0 Å². The number of amides is 1. The molecule has 1 N–H and O–H groups in total. The molecule has 0 bridgehead atoms. The number of carbonyl (C=O) groups is 2. The van der Waals surface area contributed by atoms with Gasteiger partial charge in [0.2, 0.25) is 0 Å². The summed E-state index contributed by atoms with van der Waals surface area (Å²) < 4.78 is 32.7. The van der Waals surface area contributed by atoms with E-state index < -0.39 is 29.5 Å². The van der Waals surface area contributed by atoms with Crippen molar-refractivity contribution >= 4 is 23.4 Å². The average Bonchev–Trinajstić information content (AvgIpc) is 3.07. The van der Waals surface area contributed by atoms with E-state index in [0.29, 0.717) is 24.5 Å². The Kier molecular flexibility index (Phi) is 6.04. The van der Waals surface area contributed by atoms with Gasteiger partial charge in [-0.15, -0.1) is 0 Å². The van der Waals surface area contributed by atoms with Gasteiger partial charge >= 0.3 is 23.4 Å². The van der Waals surface area contributed by atoms with Crippen LogP contribution in [0.3, 0.4) is 0 Å². The highest BCUT2D eigenvalue weighted by Gasteiger charge is 2.60. The number of rotatable bonds is 3. The quantitative estimate of drug-likeness (QED) is 0.396. The van der Waals surface area contributed by atoms with E-state index in [-0.39, 0.29) is 30.9 Å². The van der Waals surface area contributed by atoms with Gasteiger partial charge in [0.15, 0.2) is 0 Å². The lowest BCUT2D eigenvalue weighted by atomic mass is 9.46. The predicted molar refractivity (Wildman–Crippen MR) is 115 cm³/mol. The van der Waals surface area contributed by atoms with E-state index in [2.05, 4.69) is 30.5 Å². The monoisotopic (exact) mass is 455 g/mol. The molecular weight excluding hydrogens is 422 g/mol. The summed E-state index contributed by atoms with van der Waals surface area (Å²) in [4.78, 5) is 23.9. The fourth-order valence-electron chi connectivity index (χ4n) is 6.32. The maximum absolute atomic E-state index is 12.3. The van der Waals surface area contributed by atoms with Crippen LogP contribution in [0.5, 0.6) is 0 Å². The molecule has 8 nitrogen and oxygen atoms in total. The minimum Gasteiger partial charge on any atom is -0.460 e. The highest BCUT2D eigenvalue weighted by atomic mass is 32.2. The number of allylic oxidation sites excluding steroid dienone is 2. The number of esters is 1. The van der Waals surface area contributed by atoms with E-state index >= 15 is 0 Å². The van der Waals surface area contributed by atoms with Crippen molar-refractivity contribution in [3.8, 4) is 0 Å². The van der Waals surface area contributed by atoms with Crippen LogP contribution in [0.2, 0.25) is 0 Å². The lowest BCUT2D eigenvalue weighted by Gasteiger charge is -2.61. The molecule has 9 heteroatoms. The second kappa shape index (κ2) is 8.33.